The zero-order valence-corrected chi connectivity index (χ0v) is 13.9. The van der Waals surface area contributed by atoms with Crippen LogP contribution in [-0.2, 0) is 10.2 Å². The molecule has 0 aliphatic rings. The highest BCUT2D eigenvalue weighted by Gasteiger charge is 2.36. The van der Waals surface area contributed by atoms with Crippen LogP contribution in [0.15, 0.2) is 47.2 Å². The average molecular weight is 317 g/mol. The Bertz CT molecular complexity index is 576. The lowest BCUT2D eigenvalue weighted by Gasteiger charge is -2.31. The molecule has 1 aromatic carbocycles. The Labute approximate surface area is 136 Å². The number of carbonyl (C=O) groups excluding carboxylic acids is 1. The fourth-order valence-electron chi connectivity index (χ4n) is 2.81. The van der Waals surface area contributed by atoms with Gasteiger partial charge in [0.1, 0.15) is 0 Å². The lowest BCUT2D eigenvalue weighted by Crippen LogP contribution is -2.45. The fourth-order valence-corrected chi connectivity index (χ4v) is 3.52. The van der Waals surface area contributed by atoms with Crippen molar-refractivity contribution < 1.29 is 9.90 Å². The molecule has 1 aromatic heterocycles. The third-order valence-corrected chi connectivity index (χ3v) is 5.05. The molecule has 0 spiro atoms. The summed E-state index contributed by atoms with van der Waals surface area (Å²) in [4.78, 5) is 12.8. The van der Waals surface area contributed by atoms with Crippen molar-refractivity contribution in [3.05, 3.63) is 58.3 Å². The van der Waals surface area contributed by atoms with E-state index in [0.29, 0.717) is 0 Å². The van der Waals surface area contributed by atoms with Gasteiger partial charge >= 0.3 is 0 Å². The normalized spacial score (nSPS) is 12.9. The number of hydrogen-bond donors (Lipinski definition) is 2. The van der Waals surface area contributed by atoms with Crippen molar-refractivity contribution in [3.8, 4) is 0 Å². The molecule has 118 valence electrons. The van der Waals surface area contributed by atoms with Crippen LogP contribution < -0.4 is 5.32 Å². The highest BCUT2D eigenvalue weighted by atomic mass is 32.1. The van der Waals surface area contributed by atoms with E-state index in [9.17, 15) is 9.90 Å². The number of nitrogens with one attached hydrogen (secondary N) is 1. The van der Waals surface area contributed by atoms with E-state index in [2.05, 4.69) is 5.32 Å². The molecule has 0 radical (unpaired) electrons. The van der Waals surface area contributed by atoms with Crippen LogP contribution in [0.4, 0.5) is 0 Å². The third kappa shape index (κ3) is 3.39. The molecule has 0 aliphatic carbocycles. The highest BCUT2D eigenvalue weighted by molar-refractivity contribution is 7.07. The second-order valence-electron chi connectivity index (χ2n) is 5.44. The van der Waals surface area contributed by atoms with E-state index >= 15 is 0 Å². The van der Waals surface area contributed by atoms with Crippen LogP contribution in [0.2, 0.25) is 0 Å². The van der Waals surface area contributed by atoms with Gasteiger partial charge in [-0.3, -0.25) is 4.79 Å². The first kappa shape index (κ1) is 16.7. The summed E-state index contributed by atoms with van der Waals surface area (Å²) in [7, 11) is 0. The zero-order valence-electron chi connectivity index (χ0n) is 13.1. The Kier molecular flexibility index (Phi) is 5.75. The number of rotatable bonds is 7. The first-order chi connectivity index (χ1) is 10.6. The second-order valence-corrected chi connectivity index (χ2v) is 6.22. The average Bonchev–Trinajstić information content (AvgIpc) is 3.10. The van der Waals surface area contributed by atoms with E-state index in [0.717, 1.165) is 24.0 Å². The Morgan fingerprint density at radius 1 is 1.23 bits per heavy atom. The van der Waals surface area contributed by atoms with Crippen LogP contribution in [0.5, 0.6) is 0 Å². The van der Waals surface area contributed by atoms with Gasteiger partial charge in [0.15, 0.2) is 0 Å². The molecule has 0 aliphatic heterocycles. The van der Waals surface area contributed by atoms with Crippen LogP contribution in [0, 0.1) is 0 Å². The molecule has 0 fully saturated rings. The molecule has 1 unspecified atom stereocenters. The summed E-state index contributed by atoms with van der Waals surface area (Å²) < 4.78 is 0. The maximum Gasteiger partial charge on any atom is 0.230 e. The lowest BCUT2D eigenvalue weighted by molar-refractivity contribution is -0.127. The van der Waals surface area contributed by atoms with Gasteiger partial charge in [-0.1, -0.05) is 44.2 Å². The summed E-state index contributed by atoms with van der Waals surface area (Å²) in [6.45, 7) is 4.31. The Morgan fingerprint density at radius 3 is 2.45 bits per heavy atom. The summed E-state index contributed by atoms with van der Waals surface area (Å²) in [6.07, 6.45) is 0.805. The fraction of sp³-hybridized carbons (Fsp3) is 0.389. The SMILES string of the molecule is CCC(CC)(C(=O)NCC(O)c1ccsc1)c1ccccc1. The molecule has 4 heteroatoms. The van der Waals surface area contributed by atoms with Gasteiger partial charge in [-0.2, -0.15) is 11.3 Å². The van der Waals surface area contributed by atoms with Crippen molar-refractivity contribution in [1.29, 1.82) is 0 Å². The predicted molar refractivity (Wildman–Crippen MR) is 91.0 cm³/mol. The number of aliphatic hydroxyl groups excluding tert-OH is 1. The second kappa shape index (κ2) is 7.56. The highest BCUT2D eigenvalue weighted by Crippen LogP contribution is 2.32. The van der Waals surface area contributed by atoms with Gasteiger partial charge in [0, 0.05) is 6.54 Å². The number of carbonyl (C=O) groups is 1. The standard InChI is InChI=1S/C18H23NO2S/c1-3-18(4-2,15-8-6-5-7-9-15)17(21)19-12-16(20)14-10-11-22-13-14/h5-11,13,16,20H,3-4,12H2,1-2H3,(H,19,21). The lowest BCUT2D eigenvalue weighted by atomic mass is 9.75. The predicted octanol–water partition coefficient (Wildman–Crippen LogP) is 3.66. The molecule has 0 bridgehead atoms. The molecule has 1 amide bonds. The van der Waals surface area contributed by atoms with Crippen LogP contribution in [0.1, 0.15) is 43.9 Å². The first-order valence-corrected chi connectivity index (χ1v) is 8.62. The van der Waals surface area contributed by atoms with E-state index in [1.54, 1.807) is 11.3 Å². The number of benzene rings is 1. The van der Waals surface area contributed by atoms with Gasteiger partial charge in [-0.25, -0.2) is 0 Å². The van der Waals surface area contributed by atoms with Crippen molar-refractivity contribution in [2.75, 3.05) is 6.54 Å². The van der Waals surface area contributed by atoms with Crippen molar-refractivity contribution in [3.63, 3.8) is 0 Å². The van der Waals surface area contributed by atoms with Gasteiger partial charge in [0.25, 0.3) is 0 Å². The minimum atomic E-state index is -0.655. The van der Waals surface area contributed by atoms with Gasteiger partial charge < -0.3 is 10.4 Å². The van der Waals surface area contributed by atoms with Crippen LogP contribution >= 0.6 is 11.3 Å². The molecular weight excluding hydrogens is 294 g/mol. The number of aliphatic hydroxyl groups is 1. The van der Waals surface area contributed by atoms with Crippen LogP contribution in [0.25, 0.3) is 0 Å². The van der Waals surface area contributed by atoms with Crippen molar-refractivity contribution in [2.45, 2.75) is 38.2 Å². The molecule has 2 aromatic rings. The maximum absolute atomic E-state index is 12.8. The largest absolute Gasteiger partial charge is 0.387 e. The molecule has 2 rings (SSSR count). The minimum Gasteiger partial charge on any atom is -0.387 e. The smallest absolute Gasteiger partial charge is 0.230 e. The quantitative estimate of drug-likeness (QED) is 0.819. The van der Waals surface area contributed by atoms with Crippen molar-refractivity contribution in [1.82, 2.24) is 5.32 Å². The van der Waals surface area contributed by atoms with E-state index in [4.69, 9.17) is 0 Å². The summed E-state index contributed by atoms with van der Waals surface area (Å²) in [5.41, 5.74) is 1.35. The van der Waals surface area contributed by atoms with E-state index < -0.39 is 11.5 Å². The molecule has 2 N–H and O–H groups in total. The molecular formula is C18H23NO2S. The van der Waals surface area contributed by atoms with E-state index in [1.807, 2.05) is 61.0 Å². The molecule has 22 heavy (non-hydrogen) atoms. The van der Waals surface area contributed by atoms with Crippen LogP contribution in [0.3, 0.4) is 0 Å². The molecule has 0 saturated carbocycles. The zero-order chi connectivity index (χ0) is 16.0. The molecule has 3 nitrogen and oxygen atoms in total. The summed E-state index contributed by atoms with van der Waals surface area (Å²) in [6, 6.07) is 11.8. The van der Waals surface area contributed by atoms with Crippen molar-refractivity contribution in [2.24, 2.45) is 0 Å². The number of hydrogen-bond acceptors (Lipinski definition) is 3. The Morgan fingerprint density at radius 2 is 1.91 bits per heavy atom. The van der Waals surface area contributed by atoms with Crippen molar-refractivity contribution >= 4 is 17.2 Å². The molecule has 1 atom stereocenters. The maximum atomic E-state index is 12.8. The monoisotopic (exact) mass is 317 g/mol. The van der Waals surface area contributed by atoms with E-state index in [1.165, 1.54) is 0 Å². The molecule has 1 heterocycles. The summed E-state index contributed by atoms with van der Waals surface area (Å²) in [5, 5.41) is 16.9. The van der Waals surface area contributed by atoms with E-state index in [-0.39, 0.29) is 12.5 Å². The first-order valence-electron chi connectivity index (χ1n) is 7.68. The number of thiophene rings is 1. The van der Waals surface area contributed by atoms with Gasteiger partial charge in [-0.15, -0.1) is 0 Å². The van der Waals surface area contributed by atoms with Crippen LogP contribution in [-0.4, -0.2) is 17.6 Å². The third-order valence-electron chi connectivity index (χ3n) is 4.35. The minimum absolute atomic E-state index is 0.0158. The Balaban J connectivity index is 2.10. The Hall–Kier alpha value is -1.65. The molecule has 0 saturated heterocycles. The summed E-state index contributed by atoms with van der Waals surface area (Å²) in [5.74, 6) is -0.0158. The topological polar surface area (TPSA) is 49.3 Å². The number of amides is 1. The van der Waals surface area contributed by atoms with Gasteiger partial charge in [0.2, 0.25) is 5.91 Å². The van der Waals surface area contributed by atoms with Gasteiger partial charge in [0.05, 0.1) is 11.5 Å². The van der Waals surface area contributed by atoms with Gasteiger partial charge in [-0.05, 0) is 40.8 Å². The summed E-state index contributed by atoms with van der Waals surface area (Å²) >= 11 is 1.54.